The molecule has 2 bridgehead atoms. The highest BCUT2D eigenvalue weighted by Crippen LogP contribution is 2.47. The van der Waals surface area contributed by atoms with E-state index in [9.17, 15) is 31.5 Å². The Morgan fingerprint density at radius 3 is 2.51 bits per heavy atom. The average molecular weight is 671 g/mol. The van der Waals surface area contributed by atoms with Crippen molar-refractivity contribution in [2.24, 2.45) is 23.7 Å². The van der Waals surface area contributed by atoms with E-state index in [0.717, 1.165) is 36.8 Å². The largest absolute Gasteiger partial charge is 0.487 e. The fourth-order valence-electron chi connectivity index (χ4n) is 7.09. The second-order valence-corrected chi connectivity index (χ2v) is 15.5. The third-order valence-corrected chi connectivity index (χ3v) is 12.3. The van der Waals surface area contributed by atoms with E-state index < -0.39 is 45.3 Å². The lowest BCUT2D eigenvalue weighted by atomic mass is 9.63. The molecule has 2 aromatic carbocycles. The molecule has 0 spiro atoms. The quantitative estimate of drug-likeness (QED) is 0.343. The topological polar surface area (TPSA) is 95.9 Å². The van der Waals surface area contributed by atoms with Gasteiger partial charge in [0.1, 0.15) is 12.4 Å². The Morgan fingerprint density at radius 1 is 1.02 bits per heavy atom. The zero-order valence-corrected chi connectivity index (χ0v) is 27.2. The Kier molecular flexibility index (Phi) is 10.3. The molecule has 1 aliphatic carbocycles. The molecule has 0 saturated heterocycles. The molecule has 1 saturated carbocycles. The molecule has 0 radical (unpaired) electrons. The van der Waals surface area contributed by atoms with Gasteiger partial charge < -0.3 is 14.7 Å². The highest BCUT2D eigenvalue weighted by molar-refractivity contribution is 7.90. The number of aryl methyl sites for hydroxylation is 1. The lowest BCUT2D eigenvalue weighted by Crippen LogP contribution is -2.48. The van der Waals surface area contributed by atoms with E-state index in [2.05, 4.69) is 9.62 Å². The van der Waals surface area contributed by atoms with Gasteiger partial charge in [-0.1, -0.05) is 31.0 Å². The normalized spacial score (nSPS) is 28.6. The molecular formula is C33H42ClF3N2O5S. The highest BCUT2D eigenvalue weighted by atomic mass is 35.5. The Bertz CT molecular complexity index is 1490. The smallest absolute Gasteiger partial charge is 0.414 e. The standard InChI is InChI=1S/C33H42ClF3N2O5S/c1-20-6-5-8-28(31(40)33(35,36)37)27-13-10-24(27)18-39-15-4-3-7-22-16-26(34)12-9-25(22)19-44-30-14-11-23(17-29(30)39)32(41)38-45(42,43)21(20)2/h9,11-12,14,16-17,20-21,24,27-28,31,40H,3-8,10,13,15,18-19H2,1-2H3,(H,38,41)/t20?,21?,24?,27?,28-,31-/m0/s1. The van der Waals surface area contributed by atoms with Crippen LogP contribution in [0.15, 0.2) is 36.4 Å². The van der Waals surface area contributed by atoms with Crippen molar-refractivity contribution in [3.05, 3.63) is 58.1 Å². The van der Waals surface area contributed by atoms with E-state index in [1.807, 2.05) is 18.2 Å². The number of nitrogens with zero attached hydrogens (tertiary/aromatic N) is 1. The summed E-state index contributed by atoms with van der Waals surface area (Å²) in [7, 11) is -4.08. The van der Waals surface area contributed by atoms with Crippen LogP contribution in [0.5, 0.6) is 5.75 Å². The van der Waals surface area contributed by atoms with Crippen molar-refractivity contribution in [2.45, 2.75) is 89.4 Å². The molecule has 1 fully saturated rings. The van der Waals surface area contributed by atoms with E-state index in [1.165, 1.54) is 13.0 Å². The van der Waals surface area contributed by atoms with Gasteiger partial charge in [0.05, 0.1) is 10.9 Å². The summed E-state index contributed by atoms with van der Waals surface area (Å²) in [6.45, 7) is 4.45. The first-order chi connectivity index (χ1) is 21.2. The summed E-state index contributed by atoms with van der Waals surface area (Å²) < 4.78 is 76.7. The molecule has 7 nitrogen and oxygen atoms in total. The molecule has 2 aromatic rings. The third-order valence-electron chi connectivity index (χ3n) is 10.2. The SMILES string of the molecule is CC1CCC[C@H]([C@H](O)C(F)(F)F)C2CCC2CN2CCCCc3cc(Cl)ccc3COc3ccc(cc32)C(=O)NS(=O)(=O)C1C. The number of fused-ring (bicyclic) bond motifs is 3. The number of benzene rings is 2. The van der Waals surface area contributed by atoms with Gasteiger partial charge in [-0.05, 0) is 117 Å². The number of aliphatic hydroxyl groups excluding tert-OH is 1. The number of ether oxygens (including phenoxy) is 1. The Hall–Kier alpha value is -2.50. The Labute approximate surface area is 268 Å². The molecule has 4 unspecified atom stereocenters. The number of rotatable bonds is 1. The fourth-order valence-corrected chi connectivity index (χ4v) is 8.60. The van der Waals surface area contributed by atoms with Crippen LogP contribution in [-0.4, -0.2) is 50.1 Å². The van der Waals surface area contributed by atoms with E-state index >= 15 is 0 Å². The first-order valence-corrected chi connectivity index (χ1v) is 17.8. The molecule has 3 aliphatic rings. The van der Waals surface area contributed by atoms with Gasteiger partial charge in [0.15, 0.2) is 6.10 Å². The summed E-state index contributed by atoms with van der Waals surface area (Å²) in [5, 5.41) is 10.2. The van der Waals surface area contributed by atoms with E-state index in [4.69, 9.17) is 16.3 Å². The van der Waals surface area contributed by atoms with Gasteiger partial charge in [-0.2, -0.15) is 13.2 Å². The maximum atomic E-state index is 13.9. The molecule has 6 atom stereocenters. The van der Waals surface area contributed by atoms with Crippen molar-refractivity contribution >= 4 is 33.2 Å². The highest BCUT2D eigenvalue weighted by Gasteiger charge is 2.50. The first kappa shape index (κ1) is 33.9. The van der Waals surface area contributed by atoms with Crippen LogP contribution in [0.1, 0.15) is 80.3 Å². The molecule has 2 N–H and O–H groups in total. The molecule has 12 heteroatoms. The molecule has 248 valence electrons. The number of halogens is 4. The second kappa shape index (κ2) is 13.7. The molecule has 2 aliphatic heterocycles. The Morgan fingerprint density at radius 2 is 1.80 bits per heavy atom. The van der Waals surface area contributed by atoms with Crippen LogP contribution >= 0.6 is 11.6 Å². The number of anilines is 1. The minimum atomic E-state index is -4.75. The number of carbonyl (C=O) groups is 1. The zero-order valence-electron chi connectivity index (χ0n) is 25.7. The van der Waals surface area contributed by atoms with Gasteiger partial charge in [-0.15, -0.1) is 0 Å². The van der Waals surface area contributed by atoms with Gasteiger partial charge in [0, 0.05) is 23.7 Å². The van der Waals surface area contributed by atoms with E-state index in [0.29, 0.717) is 48.8 Å². The van der Waals surface area contributed by atoms with Crippen molar-refractivity contribution in [3.8, 4) is 5.75 Å². The zero-order chi connectivity index (χ0) is 32.5. The van der Waals surface area contributed by atoms with Crippen LogP contribution in [-0.2, 0) is 23.1 Å². The number of hydrogen-bond acceptors (Lipinski definition) is 6. The van der Waals surface area contributed by atoms with Crippen LogP contribution in [0.2, 0.25) is 5.02 Å². The monoisotopic (exact) mass is 670 g/mol. The van der Waals surface area contributed by atoms with Crippen LogP contribution < -0.4 is 14.4 Å². The maximum Gasteiger partial charge on any atom is 0.414 e. The average Bonchev–Trinajstić information content (AvgIpc) is 2.99. The maximum absolute atomic E-state index is 13.9. The summed E-state index contributed by atoms with van der Waals surface area (Å²) >= 11 is 6.28. The number of nitrogens with one attached hydrogen (secondary N) is 1. The minimum absolute atomic E-state index is 0.0944. The number of carbonyl (C=O) groups excluding carboxylic acids is 1. The number of hydrogen-bond donors (Lipinski definition) is 2. The fraction of sp³-hybridized carbons (Fsp3) is 0.606. The van der Waals surface area contributed by atoms with Crippen molar-refractivity contribution in [1.82, 2.24) is 4.72 Å². The molecule has 2 heterocycles. The predicted octanol–water partition coefficient (Wildman–Crippen LogP) is 6.90. The second-order valence-electron chi connectivity index (χ2n) is 13.0. The Balaban J connectivity index is 1.55. The van der Waals surface area contributed by atoms with Gasteiger partial charge in [-0.3, -0.25) is 4.79 Å². The summed E-state index contributed by atoms with van der Waals surface area (Å²) in [4.78, 5) is 15.4. The van der Waals surface area contributed by atoms with Gasteiger partial charge >= 0.3 is 6.18 Å². The summed E-state index contributed by atoms with van der Waals surface area (Å²) in [6, 6.07) is 10.5. The van der Waals surface area contributed by atoms with E-state index in [-0.39, 0.29) is 30.4 Å². The summed E-state index contributed by atoms with van der Waals surface area (Å²) in [6.07, 6.45) is -2.70. The van der Waals surface area contributed by atoms with Crippen molar-refractivity contribution in [2.75, 3.05) is 18.0 Å². The lowest BCUT2D eigenvalue weighted by molar-refractivity contribution is -0.231. The molecule has 5 rings (SSSR count). The molecule has 45 heavy (non-hydrogen) atoms. The summed E-state index contributed by atoms with van der Waals surface area (Å²) in [5.41, 5.74) is 2.79. The first-order valence-electron chi connectivity index (χ1n) is 15.8. The molecule has 1 amide bonds. The summed E-state index contributed by atoms with van der Waals surface area (Å²) in [5.74, 6) is -2.09. The van der Waals surface area contributed by atoms with E-state index in [1.54, 1.807) is 19.1 Å². The van der Waals surface area contributed by atoms with Crippen LogP contribution in [0.3, 0.4) is 0 Å². The molecule has 0 aromatic heterocycles. The predicted molar refractivity (Wildman–Crippen MR) is 168 cm³/mol. The minimum Gasteiger partial charge on any atom is -0.487 e. The van der Waals surface area contributed by atoms with Gasteiger partial charge in [-0.25, -0.2) is 13.1 Å². The van der Waals surface area contributed by atoms with Crippen molar-refractivity contribution in [3.63, 3.8) is 0 Å². The van der Waals surface area contributed by atoms with Gasteiger partial charge in [0.2, 0.25) is 10.0 Å². The third kappa shape index (κ3) is 7.73. The molecular weight excluding hydrogens is 629 g/mol. The van der Waals surface area contributed by atoms with Crippen molar-refractivity contribution in [1.29, 1.82) is 0 Å². The van der Waals surface area contributed by atoms with Crippen LogP contribution in [0, 0.1) is 23.7 Å². The van der Waals surface area contributed by atoms with Crippen LogP contribution in [0.25, 0.3) is 0 Å². The van der Waals surface area contributed by atoms with Crippen LogP contribution in [0.4, 0.5) is 18.9 Å². The number of aliphatic hydroxyl groups is 1. The van der Waals surface area contributed by atoms with Crippen molar-refractivity contribution < 1.29 is 36.2 Å². The number of sulfonamides is 1. The number of alkyl halides is 3. The lowest BCUT2D eigenvalue weighted by Gasteiger charge is -2.46. The van der Waals surface area contributed by atoms with Gasteiger partial charge in [0.25, 0.3) is 5.91 Å². The number of amides is 1.